The third kappa shape index (κ3) is 3.18. The Morgan fingerprint density at radius 1 is 1.20 bits per heavy atom. The maximum absolute atomic E-state index is 12.8. The highest BCUT2D eigenvalue weighted by Crippen LogP contribution is 2.31. The van der Waals surface area contributed by atoms with Crippen LogP contribution in [0.2, 0.25) is 0 Å². The first kappa shape index (κ1) is 15.6. The summed E-state index contributed by atoms with van der Waals surface area (Å²) in [7, 11) is 0. The van der Waals surface area contributed by atoms with Gasteiger partial charge in [-0.05, 0) is 44.0 Å². The Morgan fingerprint density at radius 3 is 2.96 bits per heavy atom. The number of likely N-dealkylation sites (tertiary alicyclic amines) is 1. The summed E-state index contributed by atoms with van der Waals surface area (Å²) < 4.78 is 0. The largest absolute Gasteiger partial charge is 0.322 e. The van der Waals surface area contributed by atoms with Gasteiger partial charge in [-0.2, -0.15) is 0 Å². The number of amides is 2. The first-order valence-corrected chi connectivity index (χ1v) is 8.57. The van der Waals surface area contributed by atoms with Crippen molar-refractivity contribution >= 4 is 22.6 Å². The second kappa shape index (κ2) is 6.51. The summed E-state index contributed by atoms with van der Waals surface area (Å²) in [4.78, 5) is 23.7. The van der Waals surface area contributed by atoms with Crippen molar-refractivity contribution in [2.45, 2.75) is 25.8 Å². The zero-order chi connectivity index (χ0) is 17.2. The van der Waals surface area contributed by atoms with Crippen LogP contribution in [0.4, 0.5) is 10.5 Å². The average molecular weight is 332 g/mol. The minimum atomic E-state index is -0.0945. The number of rotatable bonds is 2. The van der Waals surface area contributed by atoms with E-state index in [-0.39, 0.29) is 12.1 Å². The van der Waals surface area contributed by atoms with E-state index in [0.29, 0.717) is 5.69 Å². The molecule has 1 aliphatic heterocycles. The standard InChI is InChI=1S/C20H20N4O/c1-14-6-4-9-18(22-14)19-10-5-11-24(19)20(25)23-16-12-15-7-2-3-8-17(15)21-13-16/h2-4,6-9,12-13,19H,5,10-11H2,1H3,(H,23,25)/t19-/m1/s1. The summed E-state index contributed by atoms with van der Waals surface area (Å²) in [5.41, 5.74) is 3.57. The molecule has 5 heteroatoms. The van der Waals surface area contributed by atoms with Crippen LogP contribution < -0.4 is 5.32 Å². The monoisotopic (exact) mass is 332 g/mol. The molecule has 1 fully saturated rings. The first-order valence-electron chi connectivity index (χ1n) is 8.57. The predicted octanol–water partition coefficient (Wildman–Crippen LogP) is 4.31. The normalized spacial score (nSPS) is 17.0. The van der Waals surface area contributed by atoms with Gasteiger partial charge in [-0.25, -0.2) is 4.79 Å². The lowest BCUT2D eigenvalue weighted by atomic mass is 10.1. The fourth-order valence-electron chi connectivity index (χ4n) is 3.40. The lowest BCUT2D eigenvalue weighted by molar-refractivity contribution is 0.206. The van der Waals surface area contributed by atoms with Crippen molar-refractivity contribution in [3.8, 4) is 0 Å². The molecule has 4 rings (SSSR count). The van der Waals surface area contributed by atoms with Crippen molar-refractivity contribution < 1.29 is 4.79 Å². The van der Waals surface area contributed by atoms with Crippen LogP contribution in [0.1, 0.15) is 30.3 Å². The van der Waals surface area contributed by atoms with Crippen LogP contribution in [-0.2, 0) is 0 Å². The molecule has 0 saturated carbocycles. The molecular formula is C20H20N4O. The fraction of sp³-hybridized carbons (Fsp3) is 0.250. The zero-order valence-electron chi connectivity index (χ0n) is 14.1. The number of para-hydroxylation sites is 1. The molecule has 1 aromatic carbocycles. The number of carbonyl (C=O) groups is 1. The molecule has 0 spiro atoms. The maximum Gasteiger partial charge on any atom is 0.322 e. The minimum Gasteiger partial charge on any atom is -0.316 e. The lowest BCUT2D eigenvalue weighted by Gasteiger charge is -2.24. The van der Waals surface area contributed by atoms with Crippen LogP contribution >= 0.6 is 0 Å². The van der Waals surface area contributed by atoms with Gasteiger partial charge in [0, 0.05) is 17.6 Å². The molecule has 2 aromatic heterocycles. The Balaban J connectivity index is 1.54. The van der Waals surface area contributed by atoms with E-state index in [4.69, 9.17) is 0 Å². The third-order valence-corrected chi connectivity index (χ3v) is 4.61. The highest BCUT2D eigenvalue weighted by Gasteiger charge is 2.31. The van der Waals surface area contributed by atoms with E-state index in [1.54, 1.807) is 6.20 Å². The number of pyridine rings is 2. The molecule has 126 valence electrons. The molecule has 0 aliphatic carbocycles. The van der Waals surface area contributed by atoms with Crippen molar-refractivity contribution in [2.75, 3.05) is 11.9 Å². The van der Waals surface area contributed by atoms with Crippen LogP contribution in [0.5, 0.6) is 0 Å². The van der Waals surface area contributed by atoms with E-state index in [0.717, 1.165) is 41.7 Å². The van der Waals surface area contributed by atoms with Crippen LogP contribution in [0.25, 0.3) is 10.9 Å². The Morgan fingerprint density at radius 2 is 2.08 bits per heavy atom. The molecule has 0 bridgehead atoms. The SMILES string of the molecule is Cc1cccc([C@H]2CCCN2C(=O)Nc2cnc3ccccc3c2)n1. The number of nitrogens with zero attached hydrogens (tertiary/aromatic N) is 3. The summed E-state index contributed by atoms with van der Waals surface area (Å²) in [5.74, 6) is 0. The number of anilines is 1. The molecule has 2 amide bonds. The summed E-state index contributed by atoms with van der Waals surface area (Å²) in [6.07, 6.45) is 3.64. The Kier molecular flexibility index (Phi) is 4.06. The van der Waals surface area contributed by atoms with Gasteiger partial charge in [-0.1, -0.05) is 24.3 Å². The van der Waals surface area contributed by atoms with Crippen molar-refractivity contribution in [1.82, 2.24) is 14.9 Å². The van der Waals surface area contributed by atoms with E-state index < -0.39 is 0 Å². The van der Waals surface area contributed by atoms with Crippen molar-refractivity contribution in [1.29, 1.82) is 0 Å². The van der Waals surface area contributed by atoms with Gasteiger partial charge in [0.1, 0.15) is 0 Å². The molecule has 1 aliphatic rings. The summed E-state index contributed by atoms with van der Waals surface area (Å²) >= 11 is 0. The van der Waals surface area contributed by atoms with Crippen molar-refractivity contribution in [3.63, 3.8) is 0 Å². The van der Waals surface area contributed by atoms with Crippen LogP contribution in [0, 0.1) is 6.92 Å². The second-order valence-corrected chi connectivity index (χ2v) is 6.40. The van der Waals surface area contributed by atoms with Crippen LogP contribution in [-0.4, -0.2) is 27.4 Å². The molecule has 1 atom stereocenters. The highest BCUT2D eigenvalue weighted by molar-refractivity contribution is 5.92. The average Bonchev–Trinajstić information content (AvgIpc) is 3.11. The second-order valence-electron chi connectivity index (χ2n) is 6.40. The maximum atomic E-state index is 12.8. The van der Waals surface area contributed by atoms with Gasteiger partial charge >= 0.3 is 6.03 Å². The van der Waals surface area contributed by atoms with Crippen molar-refractivity contribution in [2.24, 2.45) is 0 Å². The van der Waals surface area contributed by atoms with Crippen molar-refractivity contribution in [3.05, 3.63) is 66.1 Å². The summed E-state index contributed by atoms with van der Waals surface area (Å²) in [6.45, 7) is 2.72. The minimum absolute atomic E-state index is 0.0355. The lowest BCUT2D eigenvalue weighted by Crippen LogP contribution is -2.34. The summed E-state index contributed by atoms with van der Waals surface area (Å²) in [5, 5.41) is 4.00. The molecular weight excluding hydrogens is 312 g/mol. The Bertz CT molecular complexity index is 924. The van der Waals surface area contributed by atoms with E-state index in [9.17, 15) is 4.79 Å². The molecule has 0 unspecified atom stereocenters. The Labute approximate surface area is 146 Å². The number of benzene rings is 1. The number of hydrogen-bond donors (Lipinski definition) is 1. The van der Waals surface area contributed by atoms with Crippen LogP contribution in [0.3, 0.4) is 0 Å². The molecule has 25 heavy (non-hydrogen) atoms. The number of aromatic nitrogens is 2. The van der Waals surface area contributed by atoms with Gasteiger partial charge in [0.25, 0.3) is 0 Å². The smallest absolute Gasteiger partial charge is 0.316 e. The molecule has 3 aromatic rings. The third-order valence-electron chi connectivity index (χ3n) is 4.61. The number of hydrogen-bond acceptors (Lipinski definition) is 3. The topological polar surface area (TPSA) is 58.1 Å². The molecule has 3 heterocycles. The van der Waals surface area contributed by atoms with Crippen LogP contribution in [0.15, 0.2) is 54.7 Å². The molecule has 1 saturated heterocycles. The fourth-order valence-corrected chi connectivity index (χ4v) is 3.40. The number of nitrogens with one attached hydrogen (secondary N) is 1. The summed E-state index contributed by atoms with van der Waals surface area (Å²) in [6, 6.07) is 15.7. The van der Waals surface area contributed by atoms with Gasteiger partial charge < -0.3 is 10.2 Å². The van der Waals surface area contributed by atoms with Gasteiger partial charge in [0.15, 0.2) is 0 Å². The van der Waals surface area contributed by atoms with E-state index in [2.05, 4.69) is 15.3 Å². The van der Waals surface area contributed by atoms with Gasteiger partial charge in [0.2, 0.25) is 0 Å². The van der Waals surface area contributed by atoms with E-state index >= 15 is 0 Å². The van der Waals surface area contributed by atoms with Gasteiger partial charge in [-0.15, -0.1) is 0 Å². The van der Waals surface area contributed by atoms with Gasteiger partial charge in [-0.3, -0.25) is 9.97 Å². The number of carbonyl (C=O) groups excluding carboxylic acids is 1. The van der Waals surface area contributed by atoms with E-state index in [1.165, 1.54) is 0 Å². The molecule has 5 nitrogen and oxygen atoms in total. The first-order chi connectivity index (χ1) is 12.2. The molecule has 1 N–H and O–H groups in total. The molecule has 0 radical (unpaired) electrons. The quantitative estimate of drug-likeness (QED) is 0.761. The Hall–Kier alpha value is -2.95. The number of urea groups is 1. The number of aryl methyl sites for hydroxylation is 1. The highest BCUT2D eigenvalue weighted by atomic mass is 16.2. The zero-order valence-corrected chi connectivity index (χ0v) is 14.1. The number of fused-ring (bicyclic) bond motifs is 1. The predicted molar refractivity (Wildman–Crippen MR) is 98.4 cm³/mol. The van der Waals surface area contributed by atoms with Gasteiger partial charge in [0.05, 0.1) is 29.1 Å². The van der Waals surface area contributed by atoms with E-state index in [1.807, 2.05) is 60.4 Å².